The van der Waals surface area contributed by atoms with E-state index in [2.05, 4.69) is 59.2 Å². The summed E-state index contributed by atoms with van der Waals surface area (Å²) in [6.07, 6.45) is 1.61. The molecule has 3 nitrogen and oxygen atoms in total. The number of likely N-dealkylation sites (tertiary alicyclic amines) is 1. The van der Waals surface area contributed by atoms with Crippen LogP contribution in [0.3, 0.4) is 0 Å². The molecule has 0 N–H and O–H groups in total. The molecule has 2 heterocycles. The van der Waals surface area contributed by atoms with Crippen molar-refractivity contribution in [3.05, 3.63) is 65.7 Å². The zero-order valence-corrected chi connectivity index (χ0v) is 14.2. The summed E-state index contributed by atoms with van der Waals surface area (Å²) in [6.45, 7) is 5.39. The molecule has 0 bridgehead atoms. The first-order valence-corrected chi connectivity index (χ1v) is 8.88. The lowest BCUT2D eigenvalue weighted by atomic mass is 9.92. The molecule has 3 heteroatoms. The minimum atomic E-state index is 0.268. The summed E-state index contributed by atoms with van der Waals surface area (Å²) in [4.78, 5) is 17.2. The van der Waals surface area contributed by atoms with Crippen molar-refractivity contribution in [3.63, 3.8) is 0 Å². The fourth-order valence-electron chi connectivity index (χ4n) is 4.23. The lowest BCUT2D eigenvalue weighted by Crippen LogP contribution is -2.51. The van der Waals surface area contributed by atoms with E-state index in [-0.39, 0.29) is 5.91 Å². The van der Waals surface area contributed by atoms with Crippen LogP contribution in [-0.2, 0) is 17.8 Å². The average Bonchev–Trinajstić information content (AvgIpc) is 2.92. The van der Waals surface area contributed by atoms with Crippen molar-refractivity contribution >= 4 is 11.6 Å². The van der Waals surface area contributed by atoms with Crippen LogP contribution >= 0.6 is 0 Å². The van der Waals surface area contributed by atoms with Gasteiger partial charge < -0.3 is 4.90 Å². The van der Waals surface area contributed by atoms with Crippen LogP contribution < -0.4 is 4.90 Å². The van der Waals surface area contributed by atoms with Crippen LogP contribution in [0.5, 0.6) is 0 Å². The molecule has 0 radical (unpaired) electrons. The van der Waals surface area contributed by atoms with Crippen molar-refractivity contribution in [2.24, 2.45) is 5.92 Å². The summed E-state index contributed by atoms with van der Waals surface area (Å²) in [6, 6.07) is 19.2. The molecule has 0 saturated carbocycles. The number of piperidine rings is 1. The van der Waals surface area contributed by atoms with Crippen LogP contribution in [0.2, 0.25) is 0 Å². The molecule has 2 aromatic carbocycles. The van der Waals surface area contributed by atoms with Crippen molar-refractivity contribution in [2.75, 3.05) is 18.0 Å². The summed E-state index contributed by atoms with van der Waals surface area (Å²) in [5, 5.41) is 0. The molecule has 1 fully saturated rings. The van der Waals surface area contributed by atoms with E-state index >= 15 is 0 Å². The van der Waals surface area contributed by atoms with Gasteiger partial charge >= 0.3 is 0 Å². The third kappa shape index (κ3) is 2.84. The molecule has 4 rings (SSSR count). The van der Waals surface area contributed by atoms with Crippen molar-refractivity contribution in [3.8, 4) is 0 Å². The van der Waals surface area contributed by atoms with E-state index in [1.807, 2.05) is 12.1 Å². The highest BCUT2D eigenvalue weighted by atomic mass is 16.2. The Morgan fingerprint density at radius 2 is 1.79 bits per heavy atom. The number of amides is 1. The summed E-state index contributed by atoms with van der Waals surface area (Å²) < 4.78 is 0. The highest BCUT2D eigenvalue weighted by molar-refractivity contribution is 6.01. The molecule has 2 aliphatic rings. The lowest BCUT2D eigenvalue weighted by Gasteiger charge is -2.41. The van der Waals surface area contributed by atoms with E-state index in [1.54, 1.807) is 0 Å². The number of rotatable bonds is 3. The molecule has 0 aromatic heterocycles. The molecule has 24 heavy (non-hydrogen) atoms. The standard InChI is InChI=1S/C21H24N2O/c1-16-14-22(15-17-7-3-2-4-8-17)12-11-19(16)23-20-10-6-5-9-18(20)13-21(23)24/h2-10,16,19H,11-15H2,1H3/t16-,19-/m1/s1. The number of anilines is 1. The third-order valence-electron chi connectivity index (χ3n) is 5.39. The second kappa shape index (κ2) is 6.40. The van der Waals surface area contributed by atoms with Gasteiger partial charge in [0.25, 0.3) is 0 Å². The van der Waals surface area contributed by atoms with E-state index in [0.29, 0.717) is 18.4 Å². The molecule has 124 valence electrons. The SMILES string of the molecule is C[C@@H]1CN(Cc2ccccc2)CC[C@H]1N1C(=O)Cc2ccccc21. The second-order valence-corrected chi connectivity index (χ2v) is 7.12. The van der Waals surface area contributed by atoms with Crippen LogP contribution in [0.25, 0.3) is 0 Å². The Morgan fingerprint density at radius 1 is 1.04 bits per heavy atom. The van der Waals surface area contributed by atoms with Crippen LogP contribution in [0, 0.1) is 5.92 Å². The highest BCUT2D eigenvalue weighted by Gasteiger charge is 2.37. The van der Waals surface area contributed by atoms with Gasteiger partial charge in [-0.2, -0.15) is 0 Å². The third-order valence-corrected chi connectivity index (χ3v) is 5.39. The molecular weight excluding hydrogens is 296 g/mol. The first-order valence-electron chi connectivity index (χ1n) is 8.88. The van der Waals surface area contributed by atoms with Crippen molar-refractivity contribution in [2.45, 2.75) is 32.4 Å². The fourth-order valence-corrected chi connectivity index (χ4v) is 4.23. The molecular formula is C21H24N2O. The Balaban J connectivity index is 1.47. The molecule has 0 unspecified atom stereocenters. The Hall–Kier alpha value is -2.13. The minimum absolute atomic E-state index is 0.268. The number of nitrogens with zero attached hydrogens (tertiary/aromatic N) is 2. The van der Waals surface area contributed by atoms with E-state index < -0.39 is 0 Å². The first kappa shape index (κ1) is 15.4. The Labute approximate surface area is 143 Å². The van der Waals surface area contributed by atoms with Crippen LogP contribution in [0.1, 0.15) is 24.5 Å². The Bertz CT molecular complexity index is 728. The predicted molar refractivity (Wildman–Crippen MR) is 96.9 cm³/mol. The lowest BCUT2D eigenvalue weighted by molar-refractivity contribution is -0.118. The number of hydrogen-bond acceptors (Lipinski definition) is 2. The topological polar surface area (TPSA) is 23.6 Å². The highest BCUT2D eigenvalue weighted by Crippen LogP contribution is 2.35. The zero-order valence-electron chi connectivity index (χ0n) is 14.2. The average molecular weight is 320 g/mol. The van der Waals surface area contributed by atoms with Gasteiger partial charge in [0.15, 0.2) is 0 Å². The normalized spacial score (nSPS) is 24.2. The number of benzene rings is 2. The maximum atomic E-state index is 12.6. The van der Waals surface area contributed by atoms with Crippen molar-refractivity contribution in [1.82, 2.24) is 4.90 Å². The first-order chi connectivity index (χ1) is 11.7. The van der Waals surface area contributed by atoms with Gasteiger partial charge in [-0.1, -0.05) is 55.5 Å². The fraction of sp³-hybridized carbons (Fsp3) is 0.381. The maximum absolute atomic E-state index is 12.6. The van der Waals surface area contributed by atoms with Gasteiger partial charge in [0.2, 0.25) is 5.91 Å². The molecule has 1 saturated heterocycles. The van der Waals surface area contributed by atoms with E-state index in [9.17, 15) is 4.79 Å². The van der Waals surface area contributed by atoms with Crippen LogP contribution in [0.15, 0.2) is 54.6 Å². The van der Waals surface area contributed by atoms with E-state index in [4.69, 9.17) is 0 Å². The number of fused-ring (bicyclic) bond motifs is 1. The summed E-state index contributed by atoms with van der Waals surface area (Å²) in [7, 11) is 0. The van der Waals surface area contributed by atoms with Gasteiger partial charge in [-0.15, -0.1) is 0 Å². The molecule has 0 spiro atoms. The van der Waals surface area contributed by atoms with Crippen LogP contribution in [-0.4, -0.2) is 29.9 Å². The number of para-hydroxylation sites is 1. The Kier molecular flexibility index (Phi) is 4.11. The molecule has 2 atom stereocenters. The maximum Gasteiger partial charge on any atom is 0.231 e. The van der Waals surface area contributed by atoms with Gasteiger partial charge in [0, 0.05) is 31.4 Å². The molecule has 1 amide bonds. The summed E-state index contributed by atoms with van der Waals surface area (Å²) >= 11 is 0. The molecule has 2 aliphatic heterocycles. The van der Waals surface area contributed by atoms with Gasteiger partial charge in [0.1, 0.15) is 0 Å². The van der Waals surface area contributed by atoms with Crippen molar-refractivity contribution < 1.29 is 4.79 Å². The summed E-state index contributed by atoms with van der Waals surface area (Å²) in [5.41, 5.74) is 3.68. The van der Waals surface area contributed by atoms with Gasteiger partial charge in [-0.3, -0.25) is 9.69 Å². The van der Waals surface area contributed by atoms with E-state index in [1.165, 1.54) is 11.1 Å². The minimum Gasteiger partial charge on any atom is -0.308 e. The van der Waals surface area contributed by atoms with Gasteiger partial charge in [-0.05, 0) is 29.5 Å². The monoisotopic (exact) mass is 320 g/mol. The summed E-state index contributed by atoms with van der Waals surface area (Å²) in [5.74, 6) is 0.752. The predicted octanol–water partition coefficient (Wildman–Crippen LogP) is 3.49. The number of hydrogen-bond donors (Lipinski definition) is 0. The van der Waals surface area contributed by atoms with E-state index in [0.717, 1.165) is 31.7 Å². The number of carbonyl (C=O) groups is 1. The quantitative estimate of drug-likeness (QED) is 0.864. The zero-order chi connectivity index (χ0) is 16.5. The van der Waals surface area contributed by atoms with Crippen LogP contribution in [0.4, 0.5) is 5.69 Å². The molecule has 2 aromatic rings. The number of carbonyl (C=O) groups excluding carboxylic acids is 1. The second-order valence-electron chi connectivity index (χ2n) is 7.12. The Morgan fingerprint density at radius 3 is 2.58 bits per heavy atom. The van der Waals surface area contributed by atoms with Gasteiger partial charge in [-0.25, -0.2) is 0 Å². The smallest absolute Gasteiger partial charge is 0.231 e. The van der Waals surface area contributed by atoms with Crippen molar-refractivity contribution in [1.29, 1.82) is 0 Å². The largest absolute Gasteiger partial charge is 0.308 e. The van der Waals surface area contributed by atoms with Gasteiger partial charge in [0.05, 0.1) is 6.42 Å². The molecule has 0 aliphatic carbocycles.